The Morgan fingerprint density at radius 3 is 2.92 bits per heavy atom. The second-order valence-electron chi connectivity index (χ2n) is 5.89. The van der Waals surface area contributed by atoms with Gasteiger partial charge in [0.05, 0.1) is 24.9 Å². The molecule has 2 aromatic heterocycles. The average Bonchev–Trinajstić information content (AvgIpc) is 2.81. The third-order valence-corrected chi connectivity index (χ3v) is 5.65. The number of carbonyl (C=O) groups excluding carboxylic acids is 1. The number of ether oxygens (including phenoxy) is 1. The summed E-state index contributed by atoms with van der Waals surface area (Å²) in [6, 6.07) is 5.75. The van der Waals surface area contributed by atoms with Gasteiger partial charge in [0.2, 0.25) is 0 Å². The molecule has 5 nitrogen and oxygen atoms in total. The minimum Gasteiger partial charge on any atom is -0.465 e. The summed E-state index contributed by atoms with van der Waals surface area (Å²) in [5, 5.41) is 7.57. The first-order chi connectivity index (χ1) is 12.2. The lowest BCUT2D eigenvalue weighted by atomic mass is 10.1. The van der Waals surface area contributed by atoms with E-state index in [2.05, 4.69) is 15.6 Å². The normalized spacial score (nSPS) is 13.5. The highest BCUT2D eigenvalue weighted by Gasteiger charge is 2.25. The van der Waals surface area contributed by atoms with Crippen LogP contribution in [0.1, 0.15) is 45.8 Å². The number of fused-ring (bicyclic) bond motifs is 1. The summed E-state index contributed by atoms with van der Waals surface area (Å²) in [6.07, 6.45) is 7.16. The second-order valence-corrected chi connectivity index (χ2v) is 7.40. The van der Waals surface area contributed by atoms with Gasteiger partial charge in [0, 0.05) is 11.1 Å². The lowest BCUT2D eigenvalue weighted by Crippen LogP contribution is -2.28. The minimum atomic E-state index is -0.297. The van der Waals surface area contributed by atoms with E-state index in [1.54, 1.807) is 17.5 Å². The van der Waals surface area contributed by atoms with Gasteiger partial charge in [0.25, 0.3) is 0 Å². The summed E-state index contributed by atoms with van der Waals surface area (Å²) in [4.78, 5) is 17.8. The van der Waals surface area contributed by atoms with Gasteiger partial charge in [-0.25, -0.2) is 4.79 Å². The summed E-state index contributed by atoms with van der Waals surface area (Å²) in [7, 11) is 1.42. The molecule has 3 rings (SSSR count). The molecule has 0 bridgehead atoms. The monoisotopic (exact) mass is 375 g/mol. The maximum Gasteiger partial charge on any atom is 0.341 e. The molecule has 0 radical (unpaired) electrons. The average molecular weight is 376 g/mol. The zero-order chi connectivity index (χ0) is 17.6. The van der Waals surface area contributed by atoms with Crippen LogP contribution in [0.4, 0.5) is 5.00 Å². The van der Waals surface area contributed by atoms with Crippen molar-refractivity contribution in [1.82, 2.24) is 10.3 Å². The molecular weight excluding hydrogens is 354 g/mol. The number of nitrogens with one attached hydrogen (secondary N) is 2. The number of thiophene rings is 1. The van der Waals surface area contributed by atoms with E-state index in [1.807, 2.05) is 18.2 Å². The van der Waals surface area contributed by atoms with E-state index < -0.39 is 0 Å². The number of pyridine rings is 1. The third-order valence-electron chi connectivity index (χ3n) is 4.19. The molecule has 1 aliphatic carbocycles. The molecule has 0 aromatic carbocycles. The number of hydrogen-bond acceptors (Lipinski definition) is 5. The number of thiocarbonyl (C=S) groups is 1. The van der Waals surface area contributed by atoms with Crippen LogP contribution >= 0.6 is 23.6 Å². The largest absolute Gasteiger partial charge is 0.465 e. The predicted molar refractivity (Wildman–Crippen MR) is 104 cm³/mol. The van der Waals surface area contributed by atoms with Crippen LogP contribution in [0.15, 0.2) is 24.4 Å². The zero-order valence-electron chi connectivity index (χ0n) is 14.1. The summed E-state index contributed by atoms with van der Waals surface area (Å²) in [5.41, 5.74) is 2.68. The van der Waals surface area contributed by atoms with E-state index in [0.29, 0.717) is 17.2 Å². The summed E-state index contributed by atoms with van der Waals surface area (Å²) < 4.78 is 5.01. The Hall–Kier alpha value is -1.99. The molecule has 2 heterocycles. The number of aromatic nitrogens is 1. The van der Waals surface area contributed by atoms with Crippen LogP contribution in [0.25, 0.3) is 0 Å². The molecule has 2 aromatic rings. The molecule has 0 amide bonds. The van der Waals surface area contributed by atoms with Crippen molar-refractivity contribution < 1.29 is 9.53 Å². The van der Waals surface area contributed by atoms with E-state index in [1.165, 1.54) is 18.4 Å². The molecule has 0 atom stereocenters. The predicted octanol–water partition coefficient (Wildman–Crippen LogP) is 3.69. The van der Waals surface area contributed by atoms with Crippen LogP contribution in [0.3, 0.4) is 0 Å². The molecule has 0 saturated heterocycles. The fourth-order valence-corrected chi connectivity index (χ4v) is 4.49. The number of aryl methyl sites for hydroxylation is 1. The molecule has 2 N–H and O–H groups in total. The molecule has 132 valence electrons. The minimum absolute atomic E-state index is 0.297. The van der Waals surface area contributed by atoms with Crippen molar-refractivity contribution >= 4 is 39.6 Å². The number of anilines is 1. The standard InChI is InChI=1S/C18H21N3O2S2/c1-23-17(22)15-13-8-3-2-4-9-14(13)25-16(15)21-18(24)20-11-12-7-5-6-10-19-12/h5-7,10H,2-4,8-9,11H2,1H3,(H2,20,21,24). The molecule has 0 aliphatic heterocycles. The van der Waals surface area contributed by atoms with Crippen molar-refractivity contribution in [3.05, 3.63) is 46.1 Å². The number of esters is 1. The van der Waals surface area contributed by atoms with Gasteiger partial charge in [-0.05, 0) is 55.6 Å². The zero-order valence-corrected chi connectivity index (χ0v) is 15.8. The lowest BCUT2D eigenvalue weighted by molar-refractivity contribution is 0.0601. The number of hydrogen-bond donors (Lipinski definition) is 2. The molecule has 0 unspecified atom stereocenters. The van der Waals surface area contributed by atoms with E-state index >= 15 is 0 Å². The van der Waals surface area contributed by atoms with Crippen molar-refractivity contribution in [3.63, 3.8) is 0 Å². The van der Waals surface area contributed by atoms with E-state index in [0.717, 1.165) is 41.9 Å². The van der Waals surface area contributed by atoms with Gasteiger partial charge in [-0.3, -0.25) is 4.98 Å². The lowest BCUT2D eigenvalue weighted by Gasteiger charge is -2.11. The molecule has 0 spiro atoms. The van der Waals surface area contributed by atoms with Gasteiger partial charge < -0.3 is 15.4 Å². The van der Waals surface area contributed by atoms with Crippen molar-refractivity contribution in [3.8, 4) is 0 Å². The van der Waals surface area contributed by atoms with E-state index in [-0.39, 0.29) is 5.97 Å². The van der Waals surface area contributed by atoms with Crippen LogP contribution in [-0.4, -0.2) is 23.2 Å². The second kappa shape index (κ2) is 8.40. The highest BCUT2D eigenvalue weighted by Crippen LogP contribution is 2.37. The Kier molecular flexibility index (Phi) is 5.99. The maximum absolute atomic E-state index is 12.3. The number of nitrogens with zero attached hydrogens (tertiary/aromatic N) is 1. The van der Waals surface area contributed by atoms with Crippen molar-refractivity contribution in [2.45, 2.75) is 38.6 Å². The molecular formula is C18H21N3O2S2. The summed E-state index contributed by atoms with van der Waals surface area (Å²) >= 11 is 7.00. The smallest absolute Gasteiger partial charge is 0.341 e. The Bertz CT molecular complexity index is 759. The Morgan fingerprint density at radius 2 is 2.16 bits per heavy atom. The van der Waals surface area contributed by atoms with Crippen LogP contribution in [-0.2, 0) is 24.1 Å². The van der Waals surface area contributed by atoms with E-state index in [4.69, 9.17) is 17.0 Å². The van der Waals surface area contributed by atoms with Gasteiger partial charge in [0.1, 0.15) is 5.00 Å². The van der Waals surface area contributed by atoms with Crippen molar-refractivity contribution in [1.29, 1.82) is 0 Å². The number of carbonyl (C=O) groups is 1. The molecule has 1 aliphatic rings. The number of methoxy groups -OCH3 is 1. The third kappa shape index (κ3) is 4.35. The maximum atomic E-state index is 12.3. The van der Waals surface area contributed by atoms with Crippen LogP contribution in [0, 0.1) is 0 Å². The SMILES string of the molecule is COC(=O)c1c(NC(=S)NCc2ccccn2)sc2c1CCCCC2. The van der Waals surface area contributed by atoms with Crippen molar-refractivity contribution in [2.24, 2.45) is 0 Å². The highest BCUT2D eigenvalue weighted by molar-refractivity contribution is 7.80. The van der Waals surface area contributed by atoms with Gasteiger partial charge in [-0.1, -0.05) is 12.5 Å². The first-order valence-electron chi connectivity index (χ1n) is 8.36. The fraction of sp³-hybridized carbons (Fsp3) is 0.389. The Labute approximate surface area is 156 Å². The van der Waals surface area contributed by atoms with Gasteiger partial charge in [-0.15, -0.1) is 11.3 Å². The first kappa shape index (κ1) is 17.8. The summed E-state index contributed by atoms with van der Waals surface area (Å²) in [6.45, 7) is 0.533. The van der Waals surface area contributed by atoms with Gasteiger partial charge in [-0.2, -0.15) is 0 Å². The molecule has 0 saturated carbocycles. The highest BCUT2D eigenvalue weighted by atomic mass is 32.1. The summed E-state index contributed by atoms with van der Waals surface area (Å²) in [5.74, 6) is -0.297. The van der Waals surface area contributed by atoms with Crippen LogP contribution < -0.4 is 10.6 Å². The number of rotatable bonds is 4. The molecule has 0 fully saturated rings. The van der Waals surface area contributed by atoms with Crippen LogP contribution in [0.2, 0.25) is 0 Å². The van der Waals surface area contributed by atoms with E-state index in [9.17, 15) is 4.79 Å². The molecule has 25 heavy (non-hydrogen) atoms. The fourth-order valence-electron chi connectivity index (χ4n) is 2.97. The van der Waals surface area contributed by atoms with Gasteiger partial charge in [0.15, 0.2) is 5.11 Å². The van der Waals surface area contributed by atoms with Crippen molar-refractivity contribution in [2.75, 3.05) is 12.4 Å². The quantitative estimate of drug-likeness (QED) is 0.483. The topological polar surface area (TPSA) is 63.2 Å². The Balaban J connectivity index is 1.74. The first-order valence-corrected chi connectivity index (χ1v) is 9.59. The molecule has 7 heteroatoms. The van der Waals surface area contributed by atoms with Crippen LogP contribution in [0.5, 0.6) is 0 Å². The Morgan fingerprint density at radius 1 is 1.32 bits per heavy atom. The van der Waals surface area contributed by atoms with Gasteiger partial charge >= 0.3 is 5.97 Å².